The lowest BCUT2D eigenvalue weighted by Gasteiger charge is -2.17. The molecule has 6 nitrogen and oxygen atoms in total. The molecule has 0 saturated carbocycles. The topological polar surface area (TPSA) is 74.2 Å². The van der Waals surface area contributed by atoms with Crippen molar-refractivity contribution >= 4 is 5.97 Å². The van der Waals surface area contributed by atoms with Crippen molar-refractivity contribution < 1.29 is 28.8 Å². The standard InChI is InChI=1S/C18H20O6/c1-21-13-5-4-6-15(10-13)24-17(18(19)20)9-12-7-8-14(22-2)11-16(12)23-3/h4-8,10-11,17H,9H2,1-3H3,(H,19,20)/t17-/m0/s1. The number of rotatable bonds is 8. The molecule has 24 heavy (non-hydrogen) atoms. The summed E-state index contributed by atoms with van der Waals surface area (Å²) >= 11 is 0. The first-order valence-electron chi connectivity index (χ1n) is 7.31. The van der Waals surface area contributed by atoms with Gasteiger partial charge in [0.25, 0.3) is 0 Å². The average molecular weight is 332 g/mol. The Balaban J connectivity index is 2.21. The molecule has 2 rings (SSSR count). The van der Waals surface area contributed by atoms with Crippen LogP contribution in [0.25, 0.3) is 0 Å². The largest absolute Gasteiger partial charge is 0.497 e. The summed E-state index contributed by atoms with van der Waals surface area (Å²) in [7, 11) is 4.62. The van der Waals surface area contributed by atoms with Crippen molar-refractivity contribution in [3.63, 3.8) is 0 Å². The van der Waals surface area contributed by atoms with Gasteiger partial charge in [-0.3, -0.25) is 0 Å². The van der Waals surface area contributed by atoms with E-state index in [4.69, 9.17) is 18.9 Å². The molecule has 6 heteroatoms. The average Bonchev–Trinajstić information content (AvgIpc) is 2.61. The molecule has 0 fully saturated rings. The smallest absolute Gasteiger partial charge is 0.345 e. The summed E-state index contributed by atoms with van der Waals surface area (Å²) in [6, 6.07) is 12.0. The second-order valence-corrected chi connectivity index (χ2v) is 5.01. The van der Waals surface area contributed by atoms with Crippen molar-refractivity contribution in [3.05, 3.63) is 48.0 Å². The zero-order valence-corrected chi connectivity index (χ0v) is 13.8. The van der Waals surface area contributed by atoms with Gasteiger partial charge in [0.15, 0.2) is 6.10 Å². The summed E-state index contributed by atoms with van der Waals surface area (Å²) in [6.07, 6.45) is -0.904. The highest BCUT2D eigenvalue weighted by molar-refractivity contribution is 5.73. The fourth-order valence-corrected chi connectivity index (χ4v) is 2.24. The molecular weight excluding hydrogens is 312 g/mol. The first-order chi connectivity index (χ1) is 11.6. The van der Waals surface area contributed by atoms with Gasteiger partial charge in [0.2, 0.25) is 0 Å². The Bertz CT molecular complexity index is 698. The minimum Gasteiger partial charge on any atom is -0.497 e. The van der Waals surface area contributed by atoms with E-state index in [0.29, 0.717) is 28.6 Å². The lowest BCUT2D eigenvalue weighted by molar-refractivity contribution is -0.145. The van der Waals surface area contributed by atoms with E-state index in [-0.39, 0.29) is 6.42 Å². The molecule has 2 aromatic carbocycles. The first-order valence-corrected chi connectivity index (χ1v) is 7.31. The molecule has 0 aliphatic rings. The third kappa shape index (κ3) is 4.32. The van der Waals surface area contributed by atoms with Crippen LogP contribution in [-0.2, 0) is 11.2 Å². The second kappa shape index (κ2) is 8.10. The normalized spacial score (nSPS) is 11.5. The van der Waals surface area contributed by atoms with Gasteiger partial charge in [-0.15, -0.1) is 0 Å². The van der Waals surface area contributed by atoms with Crippen molar-refractivity contribution in [3.8, 4) is 23.0 Å². The van der Waals surface area contributed by atoms with Gasteiger partial charge in [0, 0.05) is 18.6 Å². The first kappa shape index (κ1) is 17.5. The zero-order chi connectivity index (χ0) is 17.5. The highest BCUT2D eigenvalue weighted by Gasteiger charge is 2.22. The van der Waals surface area contributed by atoms with Crippen molar-refractivity contribution in [2.45, 2.75) is 12.5 Å². The molecule has 0 radical (unpaired) electrons. The van der Waals surface area contributed by atoms with E-state index in [1.165, 1.54) is 14.2 Å². The van der Waals surface area contributed by atoms with Crippen LogP contribution in [0.4, 0.5) is 0 Å². The number of carboxylic acids is 1. The highest BCUT2D eigenvalue weighted by Crippen LogP contribution is 2.27. The number of aliphatic carboxylic acids is 1. The number of carboxylic acid groups (broad SMARTS) is 1. The van der Waals surface area contributed by atoms with Gasteiger partial charge in [0.1, 0.15) is 23.0 Å². The minimum absolute atomic E-state index is 0.152. The zero-order valence-electron chi connectivity index (χ0n) is 13.8. The van der Waals surface area contributed by atoms with Gasteiger partial charge in [-0.05, 0) is 23.8 Å². The summed E-state index contributed by atoms with van der Waals surface area (Å²) in [4.78, 5) is 11.6. The summed E-state index contributed by atoms with van der Waals surface area (Å²) in [5.74, 6) is 1.15. The SMILES string of the molecule is COc1cccc(O[C@@H](Cc2ccc(OC)cc2OC)C(=O)O)c1. The molecule has 0 saturated heterocycles. The fraction of sp³-hybridized carbons (Fsp3) is 0.278. The molecule has 1 N–H and O–H groups in total. The van der Waals surface area contributed by atoms with Gasteiger partial charge in [0.05, 0.1) is 21.3 Å². The van der Waals surface area contributed by atoms with Crippen molar-refractivity contribution in [2.24, 2.45) is 0 Å². The van der Waals surface area contributed by atoms with Crippen LogP contribution in [0, 0.1) is 0 Å². The lowest BCUT2D eigenvalue weighted by Crippen LogP contribution is -2.29. The molecule has 0 heterocycles. The van der Waals surface area contributed by atoms with E-state index in [0.717, 1.165) is 0 Å². The third-order valence-electron chi connectivity index (χ3n) is 3.49. The van der Waals surface area contributed by atoms with Crippen LogP contribution in [0.3, 0.4) is 0 Å². The van der Waals surface area contributed by atoms with E-state index in [2.05, 4.69) is 0 Å². The number of hydrogen-bond acceptors (Lipinski definition) is 5. The van der Waals surface area contributed by atoms with E-state index < -0.39 is 12.1 Å². The number of hydrogen-bond donors (Lipinski definition) is 1. The Hall–Kier alpha value is -2.89. The maximum atomic E-state index is 11.6. The molecule has 0 amide bonds. The molecule has 0 aliphatic carbocycles. The molecule has 0 aromatic heterocycles. The van der Waals surface area contributed by atoms with Gasteiger partial charge in [-0.25, -0.2) is 4.79 Å². The molecule has 2 aromatic rings. The lowest BCUT2D eigenvalue weighted by atomic mass is 10.1. The van der Waals surface area contributed by atoms with Gasteiger partial charge in [-0.1, -0.05) is 12.1 Å². The predicted octanol–water partition coefficient (Wildman–Crippen LogP) is 2.79. The minimum atomic E-state index is -1.06. The fourth-order valence-electron chi connectivity index (χ4n) is 2.24. The van der Waals surface area contributed by atoms with Gasteiger partial charge >= 0.3 is 5.97 Å². The van der Waals surface area contributed by atoms with Crippen LogP contribution >= 0.6 is 0 Å². The van der Waals surface area contributed by atoms with Crippen molar-refractivity contribution in [2.75, 3.05) is 21.3 Å². The third-order valence-corrected chi connectivity index (χ3v) is 3.49. The van der Waals surface area contributed by atoms with Crippen LogP contribution in [0.15, 0.2) is 42.5 Å². The number of ether oxygens (including phenoxy) is 4. The molecular formula is C18H20O6. The van der Waals surface area contributed by atoms with Crippen LogP contribution in [0.5, 0.6) is 23.0 Å². The van der Waals surface area contributed by atoms with Crippen LogP contribution in [0.1, 0.15) is 5.56 Å². The summed E-state index contributed by atoms with van der Waals surface area (Å²) < 4.78 is 21.2. The Kier molecular flexibility index (Phi) is 5.89. The summed E-state index contributed by atoms with van der Waals surface area (Å²) in [6.45, 7) is 0. The number of benzene rings is 2. The van der Waals surface area contributed by atoms with E-state index >= 15 is 0 Å². The second-order valence-electron chi connectivity index (χ2n) is 5.01. The van der Waals surface area contributed by atoms with Crippen molar-refractivity contribution in [1.82, 2.24) is 0 Å². The molecule has 0 aliphatic heterocycles. The Morgan fingerprint density at radius 3 is 2.25 bits per heavy atom. The highest BCUT2D eigenvalue weighted by atomic mass is 16.5. The number of methoxy groups -OCH3 is 3. The van der Waals surface area contributed by atoms with E-state index in [1.807, 2.05) is 0 Å². The molecule has 0 unspecified atom stereocenters. The Labute approximate surface area is 140 Å². The van der Waals surface area contributed by atoms with Gasteiger partial charge < -0.3 is 24.1 Å². The Morgan fingerprint density at radius 1 is 0.958 bits per heavy atom. The quantitative estimate of drug-likeness (QED) is 0.801. The van der Waals surface area contributed by atoms with Crippen LogP contribution in [-0.4, -0.2) is 38.5 Å². The maximum absolute atomic E-state index is 11.6. The van der Waals surface area contributed by atoms with E-state index in [1.54, 1.807) is 49.6 Å². The molecule has 128 valence electrons. The molecule has 0 bridgehead atoms. The van der Waals surface area contributed by atoms with Crippen molar-refractivity contribution in [1.29, 1.82) is 0 Å². The Morgan fingerprint density at radius 2 is 1.62 bits per heavy atom. The molecule has 1 atom stereocenters. The number of carbonyl (C=O) groups is 1. The van der Waals surface area contributed by atoms with E-state index in [9.17, 15) is 9.90 Å². The monoisotopic (exact) mass is 332 g/mol. The predicted molar refractivity (Wildman–Crippen MR) is 88.3 cm³/mol. The van der Waals surface area contributed by atoms with Crippen LogP contribution < -0.4 is 18.9 Å². The molecule has 0 spiro atoms. The summed E-state index contributed by atoms with van der Waals surface area (Å²) in [5.41, 5.74) is 0.716. The van der Waals surface area contributed by atoms with Gasteiger partial charge in [-0.2, -0.15) is 0 Å². The van der Waals surface area contributed by atoms with Crippen LogP contribution in [0.2, 0.25) is 0 Å². The summed E-state index contributed by atoms with van der Waals surface area (Å²) in [5, 5.41) is 9.46. The maximum Gasteiger partial charge on any atom is 0.345 e.